The minimum absolute atomic E-state index is 0.215. The Labute approximate surface area is 127 Å². The zero-order valence-electron chi connectivity index (χ0n) is 11.9. The summed E-state index contributed by atoms with van der Waals surface area (Å²) in [5.74, 6) is 0.633. The molecule has 3 aromatic rings. The summed E-state index contributed by atoms with van der Waals surface area (Å²) in [7, 11) is 0. The van der Waals surface area contributed by atoms with Gasteiger partial charge in [0.25, 0.3) is 0 Å². The number of rotatable bonds is 2. The molecule has 1 fully saturated rings. The van der Waals surface area contributed by atoms with Crippen LogP contribution in [0.25, 0.3) is 22.2 Å². The van der Waals surface area contributed by atoms with E-state index in [-0.39, 0.29) is 11.8 Å². The van der Waals surface area contributed by atoms with Crippen molar-refractivity contribution in [1.82, 2.24) is 14.5 Å². The highest BCUT2D eigenvalue weighted by Gasteiger charge is 2.24. The van der Waals surface area contributed by atoms with Crippen LogP contribution in [0.1, 0.15) is 12.5 Å². The molecule has 3 heterocycles. The van der Waals surface area contributed by atoms with Crippen molar-refractivity contribution in [2.45, 2.75) is 12.5 Å². The van der Waals surface area contributed by atoms with Crippen LogP contribution in [-0.2, 0) is 4.74 Å². The van der Waals surface area contributed by atoms with Crippen molar-refractivity contribution in [2.75, 3.05) is 18.9 Å². The van der Waals surface area contributed by atoms with E-state index in [1.807, 2.05) is 18.3 Å². The molecule has 1 atom stereocenters. The summed E-state index contributed by atoms with van der Waals surface area (Å²) in [6.07, 6.45) is 4.40. The molecule has 0 aliphatic carbocycles. The van der Waals surface area contributed by atoms with Crippen LogP contribution in [0.15, 0.2) is 36.8 Å². The molecule has 0 spiro atoms. The largest absolute Gasteiger partial charge is 0.507 e. The average Bonchev–Trinajstić information content (AvgIpc) is 3.15. The van der Waals surface area contributed by atoms with E-state index >= 15 is 0 Å². The Morgan fingerprint density at radius 1 is 1.23 bits per heavy atom. The molecule has 6 nitrogen and oxygen atoms in total. The number of phenols is 1. The summed E-state index contributed by atoms with van der Waals surface area (Å²) in [4.78, 5) is 8.50. The van der Waals surface area contributed by atoms with Crippen molar-refractivity contribution >= 4 is 16.9 Å². The SMILES string of the molecule is Nc1ncnc2c1c(-c1ccccc1O)cn2C1CCOC1. The first kappa shape index (κ1) is 13.1. The first-order valence-corrected chi connectivity index (χ1v) is 7.23. The summed E-state index contributed by atoms with van der Waals surface area (Å²) in [6, 6.07) is 7.44. The van der Waals surface area contributed by atoms with Gasteiger partial charge in [0.05, 0.1) is 18.0 Å². The van der Waals surface area contributed by atoms with E-state index in [2.05, 4.69) is 14.5 Å². The lowest BCUT2D eigenvalue weighted by atomic mass is 10.1. The first-order chi connectivity index (χ1) is 10.8. The Hall–Kier alpha value is -2.60. The fraction of sp³-hybridized carbons (Fsp3) is 0.250. The second-order valence-corrected chi connectivity index (χ2v) is 5.44. The number of nitrogens with two attached hydrogens (primary N) is 1. The standard InChI is InChI=1S/C16H16N4O2/c17-15-14-12(11-3-1-2-4-13(11)21)7-20(10-5-6-22-8-10)16(14)19-9-18-15/h1-4,7,9-10,21H,5-6,8H2,(H2,17,18,19). The maximum absolute atomic E-state index is 10.2. The second kappa shape index (κ2) is 4.99. The van der Waals surface area contributed by atoms with Gasteiger partial charge in [-0.25, -0.2) is 9.97 Å². The lowest BCUT2D eigenvalue weighted by molar-refractivity contribution is 0.187. The van der Waals surface area contributed by atoms with Crippen LogP contribution >= 0.6 is 0 Å². The van der Waals surface area contributed by atoms with Crippen molar-refractivity contribution in [3.8, 4) is 16.9 Å². The van der Waals surface area contributed by atoms with E-state index in [4.69, 9.17) is 10.5 Å². The quantitative estimate of drug-likeness (QED) is 0.758. The molecule has 22 heavy (non-hydrogen) atoms. The van der Waals surface area contributed by atoms with Gasteiger partial charge in [0.2, 0.25) is 0 Å². The van der Waals surface area contributed by atoms with Gasteiger partial charge in [0.15, 0.2) is 0 Å². The van der Waals surface area contributed by atoms with Gasteiger partial charge in [0, 0.05) is 23.9 Å². The number of aromatic hydroxyl groups is 1. The Balaban J connectivity index is 2.00. The summed E-state index contributed by atoms with van der Waals surface area (Å²) in [5.41, 5.74) is 8.43. The van der Waals surface area contributed by atoms with Crippen molar-refractivity contribution in [3.63, 3.8) is 0 Å². The number of nitrogen functional groups attached to an aromatic ring is 1. The number of nitrogens with zero attached hydrogens (tertiary/aromatic N) is 3. The molecule has 6 heteroatoms. The fourth-order valence-electron chi connectivity index (χ4n) is 3.03. The molecule has 1 aromatic carbocycles. The number of ether oxygens (including phenoxy) is 1. The zero-order chi connectivity index (χ0) is 15.1. The van der Waals surface area contributed by atoms with Gasteiger partial charge in [-0.15, -0.1) is 0 Å². The molecule has 1 unspecified atom stereocenters. The number of phenolic OH excluding ortho intramolecular Hbond substituents is 1. The number of benzene rings is 1. The third-order valence-corrected chi connectivity index (χ3v) is 4.13. The van der Waals surface area contributed by atoms with Crippen LogP contribution in [0, 0.1) is 0 Å². The normalized spacial score (nSPS) is 18.1. The Morgan fingerprint density at radius 3 is 2.86 bits per heavy atom. The minimum Gasteiger partial charge on any atom is -0.507 e. The smallest absolute Gasteiger partial charge is 0.146 e. The van der Waals surface area contributed by atoms with Crippen molar-refractivity contribution in [2.24, 2.45) is 0 Å². The van der Waals surface area contributed by atoms with Crippen molar-refractivity contribution < 1.29 is 9.84 Å². The molecular weight excluding hydrogens is 280 g/mol. The highest BCUT2D eigenvalue weighted by molar-refractivity contribution is 6.01. The van der Waals surface area contributed by atoms with Gasteiger partial charge >= 0.3 is 0 Å². The van der Waals surface area contributed by atoms with E-state index < -0.39 is 0 Å². The molecule has 4 rings (SSSR count). The molecular formula is C16H16N4O2. The van der Waals surface area contributed by atoms with E-state index in [0.29, 0.717) is 12.4 Å². The van der Waals surface area contributed by atoms with Gasteiger partial charge in [-0.05, 0) is 12.5 Å². The Morgan fingerprint density at radius 2 is 2.09 bits per heavy atom. The van der Waals surface area contributed by atoms with Crippen LogP contribution in [0.5, 0.6) is 5.75 Å². The summed E-state index contributed by atoms with van der Waals surface area (Å²) < 4.78 is 7.57. The van der Waals surface area contributed by atoms with Crippen LogP contribution in [0.4, 0.5) is 5.82 Å². The highest BCUT2D eigenvalue weighted by Crippen LogP contribution is 2.39. The summed E-state index contributed by atoms with van der Waals surface area (Å²) in [5, 5.41) is 10.9. The fourth-order valence-corrected chi connectivity index (χ4v) is 3.03. The molecule has 3 N–H and O–H groups in total. The number of fused-ring (bicyclic) bond motifs is 1. The second-order valence-electron chi connectivity index (χ2n) is 5.44. The topological polar surface area (TPSA) is 86.2 Å². The molecule has 2 aromatic heterocycles. The lowest BCUT2D eigenvalue weighted by Crippen LogP contribution is -2.08. The van der Waals surface area contributed by atoms with Gasteiger partial charge in [0.1, 0.15) is 23.5 Å². The lowest BCUT2D eigenvalue weighted by Gasteiger charge is -2.10. The number of para-hydroxylation sites is 1. The molecule has 0 amide bonds. The number of hydrogen-bond donors (Lipinski definition) is 2. The molecule has 112 valence electrons. The molecule has 0 radical (unpaired) electrons. The molecule has 0 saturated carbocycles. The number of anilines is 1. The van der Waals surface area contributed by atoms with Crippen molar-refractivity contribution in [3.05, 3.63) is 36.8 Å². The first-order valence-electron chi connectivity index (χ1n) is 7.23. The predicted octanol–water partition coefficient (Wildman–Crippen LogP) is 2.35. The van der Waals surface area contributed by atoms with Gasteiger partial charge < -0.3 is 20.1 Å². The van der Waals surface area contributed by atoms with Crippen LogP contribution < -0.4 is 5.73 Å². The Bertz CT molecular complexity index is 837. The third-order valence-electron chi connectivity index (χ3n) is 4.13. The maximum Gasteiger partial charge on any atom is 0.146 e. The van der Waals surface area contributed by atoms with E-state index in [1.165, 1.54) is 6.33 Å². The predicted molar refractivity (Wildman–Crippen MR) is 83.5 cm³/mol. The zero-order valence-corrected chi connectivity index (χ0v) is 11.9. The number of aromatic nitrogens is 3. The monoisotopic (exact) mass is 296 g/mol. The molecule has 0 bridgehead atoms. The highest BCUT2D eigenvalue weighted by atomic mass is 16.5. The molecule has 1 aliphatic rings. The summed E-state index contributed by atoms with van der Waals surface area (Å²) in [6.45, 7) is 1.41. The van der Waals surface area contributed by atoms with Crippen LogP contribution in [0.2, 0.25) is 0 Å². The Kier molecular flexibility index (Phi) is 2.97. The third kappa shape index (κ3) is 1.92. The average molecular weight is 296 g/mol. The van der Waals surface area contributed by atoms with Crippen LogP contribution in [-0.4, -0.2) is 32.9 Å². The van der Waals surface area contributed by atoms with E-state index in [0.717, 1.165) is 35.2 Å². The molecule has 1 aliphatic heterocycles. The van der Waals surface area contributed by atoms with Gasteiger partial charge in [-0.2, -0.15) is 0 Å². The van der Waals surface area contributed by atoms with E-state index in [1.54, 1.807) is 12.1 Å². The number of hydrogen-bond acceptors (Lipinski definition) is 5. The maximum atomic E-state index is 10.2. The van der Waals surface area contributed by atoms with E-state index in [9.17, 15) is 5.11 Å². The van der Waals surface area contributed by atoms with Gasteiger partial charge in [-0.3, -0.25) is 0 Å². The molecule has 1 saturated heterocycles. The van der Waals surface area contributed by atoms with Crippen molar-refractivity contribution in [1.29, 1.82) is 0 Å². The minimum atomic E-state index is 0.215. The summed E-state index contributed by atoms with van der Waals surface area (Å²) >= 11 is 0. The van der Waals surface area contributed by atoms with Gasteiger partial charge in [-0.1, -0.05) is 18.2 Å². The van der Waals surface area contributed by atoms with Crippen LogP contribution in [0.3, 0.4) is 0 Å².